The standard InChI is InChI=1S/C16H10ClNO6S/c1-25(22,23)13-8-9(6-7-12(13)17)16(21)24-18-14(19)10-4-2-3-5-11(10)15(18)20/h2-8H,1H3. The minimum Gasteiger partial charge on any atom is -0.324 e. The molecule has 1 aliphatic heterocycles. The van der Waals surface area contributed by atoms with Crippen molar-refractivity contribution in [3.8, 4) is 0 Å². The molecule has 25 heavy (non-hydrogen) atoms. The highest BCUT2D eigenvalue weighted by Gasteiger charge is 2.38. The Hall–Kier alpha value is -2.71. The van der Waals surface area contributed by atoms with Crippen LogP contribution in [-0.2, 0) is 14.7 Å². The third kappa shape index (κ3) is 3.01. The van der Waals surface area contributed by atoms with Gasteiger partial charge in [0.25, 0.3) is 11.8 Å². The van der Waals surface area contributed by atoms with Crippen LogP contribution in [0.5, 0.6) is 0 Å². The van der Waals surface area contributed by atoms with Gasteiger partial charge in [0.15, 0.2) is 9.84 Å². The van der Waals surface area contributed by atoms with Gasteiger partial charge in [-0.3, -0.25) is 9.59 Å². The van der Waals surface area contributed by atoms with Gasteiger partial charge in [-0.15, -0.1) is 0 Å². The average molecular weight is 380 g/mol. The summed E-state index contributed by atoms with van der Waals surface area (Å²) in [5.41, 5.74) is 0.0721. The Balaban J connectivity index is 1.90. The van der Waals surface area contributed by atoms with Crippen LogP contribution in [0.25, 0.3) is 0 Å². The van der Waals surface area contributed by atoms with Crippen LogP contribution in [-0.4, -0.2) is 37.5 Å². The molecule has 9 heteroatoms. The second-order valence-corrected chi connectivity index (χ2v) is 7.64. The number of amides is 2. The van der Waals surface area contributed by atoms with Crippen LogP contribution in [0.1, 0.15) is 31.1 Å². The van der Waals surface area contributed by atoms with E-state index in [1.807, 2.05) is 0 Å². The van der Waals surface area contributed by atoms with Crippen molar-refractivity contribution in [3.05, 3.63) is 64.2 Å². The Bertz CT molecular complexity index is 996. The molecule has 0 spiro atoms. The lowest BCUT2D eigenvalue weighted by molar-refractivity contribution is -0.0584. The van der Waals surface area contributed by atoms with Crippen molar-refractivity contribution < 1.29 is 27.6 Å². The molecule has 0 aliphatic carbocycles. The van der Waals surface area contributed by atoms with Gasteiger partial charge in [-0.25, -0.2) is 13.2 Å². The molecular weight excluding hydrogens is 370 g/mol. The van der Waals surface area contributed by atoms with E-state index in [1.54, 1.807) is 12.1 Å². The molecule has 0 bridgehead atoms. The lowest BCUT2D eigenvalue weighted by Crippen LogP contribution is -2.32. The maximum atomic E-state index is 12.2. The second kappa shape index (κ2) is 5.98. The minimum absolute atomic E-state index is 0.0558. The highest BCUT2D eigenvalue weighted by molar-refractivity contribution is 7.90. The number of hydrogen-bond acceptors (Lipinski definition) is 6. The first kappa shape index (κ1) is 17.1. The number of sulfone groups is 1. The fraction of sp³-hybridized carbons (Fsp3) is 0.0625. The molecule has 2 aromatic carbocycles. The molecule has 128 valence electrons. The molecule has 0 radical (unpaired) electrons. The normalized spacial score (nSPS) is 13.8. The zero-order chi connectivity index (χ0) is 18.4. The number of benzene rings is 2. The van der Waals surface area contributed by atoms with E-state index in [-0.39, 0.29) is 26.6 Å². The predicted octanol–water partition coefficient (Wildman–Crippen LogP) is 2.11. The number of carbonyl (C=O) groups excluding carboxylic acids is 3. The van der Waals surface area contributed by atoms with E-state index in [1.165, 1.54) is 24.3 Å². The van der Waals surface area contributed by atoms with Crippen LogP contribution in [0, 0.1) is 0 Å². The number of imide groups is 1. The Morgan fingerprint density at radius 3 is 2.12 bits per heavy atom. The number of rotatable bonds is 3. The smallest absolute Gasteiger partial charge is 0.324 e. The van der Waals surface area contributed by atoms with Crippen molar-refractivity contribution in [2.24, 2.45) is 0 Å². The van der Waals surface area contributed by atoms with E-state index in [4.69, 9.17) is 16.4 Å². The quantitative estimate of drug-likeness (QED) is 0.757. The van der Waals surface area contributed by atoms with Crippen LogP contribution in [0.15, 0.2) is 47.4 Å². The summed E-state index contributed by atoms with van der Waals surface area (Å²) in [6.45, 7) is 0. The van der Waals surface area contributed by atoms with Crippen molar-refractivity contribution >= 4 is 39.2 Å². The van der Waals surface area contributed by atoms with Gasteiger partial charge in [-0.05, 0) is 30.3 Å². The highest BCUT2D eigenvalue weighted by atomic mass is 35.5. The lowest BCUT2D eigenvalue weighted by Gasteiger charge is -2.13. The van der Waals surface area contributed by atoms with Crippen LogP contribution in [0.4, 0.5) is 0 Å². The first-order chi connectivity index (χ1) is 11.7. The Morgan fingerprint density at radius 1 is 1.04 bits per heavy atom. The van der Waals surface area contributed by atoms with E-state index in [0.717, 1.165) is 12.3 Å². The first-order valence-electron chi connectivity index (χ1n) is 6.90. The number of nitrogens with zero attached hydrogens (tertiary/aromatic N) is 1. The molecule has 2 aromatic rings. The van der Waals surface area contributed by atoms with Crippen molar-refractivity contribution in [2.75, 3.05) is 6.26 Å². The maximum absolute atomic E-state index is 12.2. The Morgan fingerprint density at radius 2 is 1.60 bits per heavy atom. The van der Waals surface area contributed by atoms with E-state index >= 15 is 0 Å². The molecule has 3 rings (SSSR count). The molecule has 1 heterocycles. The summed E-state index contributed by atoms with van der Waals surface area (Å²) in [5, 5.41) is 0.293. The number of hydroxylamine groups is 2. The summed E-state index contributed by atoms with van der Waals surface area (Å²) in [6, 6.07) is 9.51. The SMILES string of the molecule is CS(=O)(=O)c1cc(C(=O)ON2C(=O)c3ccccc3C2=O)ccc1Cl. The summed E-state index contributed by atoms with van der Waals surface area (Å²) in [7, 11) is -3.67. The first-order valence-corrected chi connectivity index (χ1v) is 9.17. The van der Waals surface area contributed by atoms with Crippen LogP contribution < -0.4 is 0 Å². The van der Waals surface area contributed by atoms with Gasteiger partial charge >= 0.3 is 5.97 Å². The minimum atomic E-state index is -3.67. The van der Waals surface area contributed by atoms with Crippen LogP contribution in [0.3, 0.4) is 0 Å². The monoisotopic (exact) mass is 379 g/mol. The molecule has 0 N–H and O–H groups in total. The molecular formula is C16H10ClNO6S. The van der Waals surface area contributed by atoms with Gasteiger partial charge in [0, 0.05) is 6.26 Å². The molecule has 0 saturated heterocycles. The Kier molecular flexibility index (Phi) is 4.09. The van der Waals surface area contributed by atoms with E-state index < -0.39 is 27.6 Å². The van der Waals surface area contributed by atoms with E-state index in [0.29, 0.717) is 5.06 Å². The predicted molar refractivity (Wildman–Crippen MR) is 86.9 cm³/mol. The molecule has 0 saturated carbocycles. The topological polar surface area (TPSA) is 97.8 Å². The average Bonchev–Trinajstić information content (AvgIpc) is 2.79. The molecule has 0 aromatic heterocycles. The van der Waals surface area contributed by atoms with Crippen LogP contribution >= 0.6 is 11.6 Å². The molecule has 1 aliphatic rings. The number of fused-ring (bicyclic) bond motifs is 1. The van der Waals surface area contributed by atoms with Crippen molar-refractivity contribution in [3.63, 3.8) is 0 Å². The fourth-order valence-electron chi connectivity index (χ4n) is 2.30. The van der Waals surface area contributed by atoms with E-state index in [9.17, 15) is 22.8 Å². The highest BCUT2D eigenvalue weighted by Crippen LogP contribution is 2.25. The van der Waals surface area contributed by atoms with Gasteiger partial charge < -0.3 is 4.84 Å². The summed E-state index contributed by atoms with van der Waals surface area (Å²) < 4.78 is 23.3. The molecule has 0 fully saturated rings. The number of carbonyl (C=O) groups is 3. The van der Waals surface area contributed by atoms with Gasteiger partial charge in [-0.2, -0.15) is 0 Å². The zero-order valence-electron chi connectivity index (χ0n) is 12.7. The lowest BCUT2D eigenvalue weighted by atomic mass is 10.1. The molecule has 7 nitrogen and oxygen atoms in total. The number of halogens is 1. The van der Waals surface area contributed by atoms with Crippen molar-refractivity contribution in [1.82, 2.24) is 5.06 Å². The largest absolute Gasteiger partial charge is 0.363 e. The van der Waals surface area contributed by atoms with Crippen molar-refractivity contribution in [2.45, 2.75) is 4.90 Å². The summed E-state index contributed by atoms with van der Waals surface area (Å²) in [5.74, 6) is -2.60. The van der Waals surface area contributed by atoms with Crippen LogP contribution in [0.2, 0.25) is 5.02 Å². The summed E-state index contributed by atoms with van der Waals surface area (Å²) in [4.78, 5) is 41.2. The van der Waals surface area contributed by atoms with Crippen molar-refractivity contribution in [1.29, 1.82) is 0 Å². The molecule has 0 atom stereocenters. The van der Waals surface area contributed by atoms with Gasteiger partial charge in [0.1, 0.15) is 0 Å². The number of hydrogen-bond donors (Lipinski definition) is 0. The summed E-state index contributed by atoms with van der Waals surface area (Å²) in [6.07, 6.45) is 0.938. The second-order valence-electron chi connectivity index (χ2n) is 5.25. The fourth-order valence-corrected chi connectivity index (χ4v) is 3.60. The van der Waals surface area contributed by atoms with Gasteiger partial charge in [0.05, 0.1) is 26.6 Å². The third-order valence-corrected chi connectivity index (χ3v) is 5.08. The summed E-state index contributed by atoms with van der Waals surface area (Å²) >= 11 is 5.81. The zero-order valence-corrected chi connectivity index (χ0v) is 14.3. The Labute approximate surface area is 147 Å². The maximum Gasteiger partial charge on any atom is 0.363 e. The van der Waals surface area contributed by atoms with Gasteiger partial charge in [-0.1, -0.05) is 28.8 Å². The molecule has 2 amide bonds. The van der Waals surface area contributed by atoms with Gasteiger partial charge in [0.2, 0.25) is 0 Å². The third-order valence-electron chi connectivity index (χ3n) is 3.50. The molecule has 0 unspecified atom stereocenters. The van der Waals surface area contributed by atoms with E-state index in [2.05, 4.69) is 0 Å².